The highest BCUT2D eigenvalue weighted by molar-refractivity contribution is 5.50. The number of piperazine rings is 1. The van der Waals surface area contributed by atoms with Crippen LogP contribution >= 0.6 is 0 Å². The van der Waals surface area contributed by atoms with Crippen molar-refractivity contribution in [3.05, 3.63) is 29.7 Å². The minimum atomic E-state index is 0.782. The zero-order valence-corrected chi connectivity index (χ0v) is 11.6. The molecule has 0 spiro atoms. The van der Waals surface area contributed by atoms with E-state index < -0.39 is 0 Å². The Hall–Kier alpha value is -1.59. The molecule has 2 aromatic rings. The van der Waals surface area contributed by atoms with Crippen molar-refractivity contribution in [1.29, 1.82) is 0 Å². The molecule has 3 rings (SSSR count). The zero-order valence-electron chi connectivity index (χ0n) is 11.6. The predicted molar refractivity (Wildman–Crippen MR) is 77.1 cm³/mol. The number of fused-ring (bicyclic) bond motifs is 1. The van der Waals surface area contributed by atoms with E-state index in [-0.39, 0.29) is 0 Å². The lowest BCUT2D eigenvalue weighted by atomic mass is 10.2. The zero-order chi connectivity index (χ0) is 13.4. The van der Waals surface area contributed by atoms with Crippen LogP contribution in [0.3, 0.4) is 0 Å². The van der Waals surface area contributed by atoms with E-state index in [0.29, 0.717) is 0 Å². The van der Waals surface area contributed by atoms with Crippen LogP contribution in [0.15, 0.2) is 18.3 Å². The number of hydrogen-bond acceptors (Lipinski definition) is 4. The Kier molecular flexibility index (Phi) is 3.16. The molecule has 1 fully saturated rings. The summed E-state index contributed by atoms with van der Waals surface area (Å²) in [5, 5.41) is 0. The lowest BCUT2D eigenvalue weighted by Gasteiger charge is -2.32. The third kappa shape index (κ3) is 2.43. The molecule has 0 atom stereocenters. The number of pyridine rings is 1. The number of aromatic nitrogens is 2. The van der Waals surface area contributed by atoms with Gasteiger partial charge in [0.25, 0.3) is 0 Å². The van der Waals surface area contributed by atoms with Crippen LogP contribution in [-0.2, 0) is 6.54 Å². The van der Waals surface area contributed by atoms with Crippen LogP contribution in [-0.4, -0.2) is 52.4 Å². The molecule has 0 amide bonds. The molecule has 0 saturated carbocycles. The second-order valence-electron chi connectivity index (χ2n) is 5.41. The van der Waals surface area contributed by atoms with Crippen molar-refractivity contribution in [3.63, 3.8) is 0 Å². The Morgan fingerprint density at radius 1 is 1.21 bits per heavy atom. The molecular formula is C14H21N5. The summed E-state index contributed by atoms with van der Waals surface area (Å²) in [6.45, 7) is 7.53. The number of hydrogen-bond donors (Lipinski definition) is 1. The van der Waals surface area contributed by atoms with Crippen molar-refractivity contribution in [1.82, 2.24) is 19.2 Å². The fourth-order valence-corrected chi connectivity index (χ4v) is 2.64. The van der Waals surface area contributed by atoms with E-state index in [2.05, 4.69) is 33.2 Å². The second kappa shape index (κ2) is 4.83. The summed E-state index contributed by atoms with van der Waals surface area (Å²) in [6, 6.07) is 3.89. The van der Waals surface area contributed by atoms with Gasteiger partial charge in [0, 0.05) is 44.6 Å². The monoisotopic (exact) mass is 259 g/mol. The van der Waals surface area contributed by atoms with Gasteiger partial charge in [0.15, 0.2) is 0 Å². The van der Waals surface area contributed by atoms with Gasteiger partial charge in [-0.25, -0.2) is 4.98 Å². The van der Waals surface area contributed by atoms with E-state index in [1.165, 1.54) is 5.69 Å². The van der Waals surface area contributed by atoms with Gasteiger partial charge in [0.05, 0.1) is 11.4 Å². The van der Waals surface area contributed by atoms with Gasteiger partial charge in [-0.2, -0.15) is 0 Å². The molecule has 1 aliphatic rings. The molecule has 0 bridgehead atoms. The summed E-state index contributed by atoms with van der Waals surface area (Å²) in [6.07, 6.45) is 1.97. The van der Waals surface area contributed by atoms with E-state index in [1.807, 2.05) is 18.3 Å². The minimum Gasteiger partial charge on any atom is -0.398 e. The number of nitrogen functional groups attached to an aromatic ring is 1. The fraction of sp³-hybridized carbons (Fsp3) is 0.500. The Morgan fingerprint density at radius 3 is 2.68 bits per heavy atom. The largest absolute Gasteiger partial charge is 0.398 e. The summed E-state index contributed by atoms with van der Waals surface area (Å²) in [7, 11) is 2.18. The normalized spacial score (nSPS) is 18.2. The van der Waals surface area contributed by atoms with Gasteiger partial charge in [0.1, 0.15) is 5.65 Å². The molecule has 0 radical (unpaired) electrons. The SMILES string of the molecule is Cc1nc2ccc(N)cn2c1CN1CCN(C)CC1. The Bertz CT molecular complexity index is 581. The molecule has 0 aliphatic carbocycles. The molecule has 102 valence electrons. The molecule has 5 nitrogen and oxygen atoms in total. The van der Waals surface area contributed by atoms with Gasteiger partial charge in [-0.3, -0.25) is 4.90 Å². The second-order valence-corrected chi connectivity index (χ2v) is 5.41. The number of likely N-dealkylation sites (N-methyl/N-ethyl adjacent to an activating group) is 1. The van der Waals surface area contributed by atoms with Gasteiger partial charge in [-0.15, -0.1) is 0 Å². The Morgan fingerprint density at radius 2 is 1.95 bits per heavy atom. The van der Waals surface area contributed by atoms with Crippen LogP contribution in [0.2, 0.25) is 0 Å². The van der Waals surface area contributed by atoms with Crippen LogP contribution < -0.4 is 5.73 Å². The molecule has 5 heteroatoms. The van der Waals surface area contributed by atoms with Crippen molar-refractivity contribution < 1.29 is 0 Å². The molecule has 3 heterocycles. The highest BCUT2D eigenvalue weighted by atomic mass is 15.3. The minimum absolute atomic E-state index is 0.782. The van der Waals surface area contributed by atoms with Crippen molar-refractivity contribution >= 4 is 11.3 Å². The molecule has 0 unspecified atom stereocenters. The number of anilines is 1. The summed E-state index contributed by atoms with van der Waals surface area (Å²) in [5.41, 5.74) is 10.0. The first-order chi connectivity index (χ1) is 9.13. The Balaban J connectivity index is 1.87. The van der Waals surface area contributed by atoms with Gasteiger partial charge < -0.3 is 15.0 Å². The lowest BCUT2D eigenvalue weighted by molar-refractivity contribution is 0.146. The van der Waals surface area contributed by atoms with Crippen LogP contribution in [0.4, 0.5) is 5.69 Å². The van der Waals surface area contributed by atoms with E-state index in [9.17, 15) is 0 Å². The van der Waals surface area contributed by atoms with Crippen LogP contribution in [0.1, 0.15) is 11.4 Å². The van der Waals surface area contributed by atoms with E-state index in [0.717, 1.165) is 49.8 Å². The molecule has 1 aliphatic heterocycles. The van der Waals surface area contributed by atoms with Crippen LogP contribution in [0.25, 0.3) is 5.65 Å². The maximum atomic E-state index is 5.88. The molecule has 2 aromatic heterocycles. The number of aryl methyl sites for hydroxylation is 1. The van der Waals surface area contributed by atoms with Crippen molar-refractivity contribution in [2.75, 3.05) is 39.0 Å². The lowest BCUT2D eigenvalue weighted by Crippen LogP contribution is -2.44. The van der Waals surface area contributed by atoms with Gasteiger partial charge in [0.2, 0.25) is 0 Å². The highest BCUT2D eigenvalue weighted by Crippen LogP contribution is 2.17. The smallest absolute Gasteiger partial charge is 0.137 e. The predicted octanol–water partition coefficient (Wildman–Crippen LogP) is 0.972. The molecule has 0 aromatic carbocycles. The summed E-state index contributed by atoms with van der Waals surface area (Å²) in [4.78, 5) is 9.46. The van der Waals surface area contributed by atoms with Gasteiger partial charge in [-0.1, -0.05) is 0 Å². The van der Waals surface area contributed by atoms with Gasteiger partial charge in [-0.05, 0) is 26.1 Å². The first-order valence-electron chi connectivity index (χ1n) is 6.77. The third-order valence-corrected chi connectivity index (χ3v) is 3.91. The first kappa shape index (κ1) is 12.4. The molecular weight excluding hydrogens is 238 g/mol. The van der Waals surface area contributed by atoms with E-state index >= 15 is 0 Å². The first-order valence-corrected chi connectivity index (χ1v) is 6.77. The molecule has 19 heavy (non-hydrogen) atoms. The third-order valence-electron chi connectivity index (χ3n) is 3.91. The van der Waals surface area contributed by atoms with Crippen molar-refractivity contribution in [2.45, 2.75) is 13.5 Å². The van der Waals surface area contributed by atoms with Crippen molar-refractivity contribution in [3.8, 4) is 0 Å². The average molecular weight is 259 g/mol. The topological polar surface area (TPSA) is 49.8 Å². The summed E-state index contributed by atoms with van der Waals surface area (Å²) >= 11 is 0. The quantitative estimate of drug-likeness (QED) is 0.873. The summed E-state index contributed by atoms with van der Waals surface area (Å²) in [5.74, 6) is 0. The Labute approximate surface area is 113 Å². The average Bonchev–Trinajstić information content (AvgIpc) is 2.69. The molecule has 2 N–H and O–H groups in total. The van der Waals surface area contributed by atoms with Crippen molar-refractivity contribution in [2.24, 2.45) is 0 Å². The van der Waals surface area contributed by atoms with E-state index in [4.69, 9.17) is 5.73 Å². The maximum Gasteiger partial charge on any atom is 0.137 e. The highest BCUT2D eigenvalue weighted by Gasteiger charge is 2.17. The number of imidazole rings is 1. The van der Waals surface area contributed by atoms with Crippen LogP contribution in [0, 0.1) is 6.92 Å². The molecule has 1 saturated heterocycles. The standard InChI is InChI=1S/C14H21N5/c1-11-13(10-18-7-5-17(2)6-8-18)19-9-12(15)3-4-14(19)16-11/h3-4,9H,5-8,10,15H2,1-2H3. The maximum absolute atomic E-state index is 5.88. The number of nitrogens with two attached hydrogens (primary N) is 1. The van der Waals surface area contributed by atoms with Gasteiger partial charge >= 0.3 is 0 Å². The van der Waals surface area contributed by atoms with Crippen LogP contribution in [0.5, 0.6) is 0 Å². The number of nitrogens with zero attached hydrogens (tertiary/aromatic N) is 4. The fourth-order valence-electron chi connectivity index (χ4n) is 2.64. The van der Waals surface area contributed by atoms with E-state index in [1.54, 1.807) is 0 Å². The number of rotatable bonds is 2. The summed E-state index contributed by atoms with van der Waals surface area (Å²) < 4.78 is 2.13.